The van der Waals surface area contributed by atoms with Crippen molar-refractivity contribution in [3.05, 3.63) is 18.3 Å². The largest absolute Gasteiger partial charge is 0.356 e. The number of hydrogen-bond donors (Lipinski definition) is 1. The van der Waals surface area contributed by atoms with Gasteiger partial charge in [0.2, 0.25) is 5.91 Å². The van der Waals surface area contributed by atoms with Gasteiger partial charge in [0.05, 0.1) is 18.1 Å². The molecule has 0 aromatic carbocycles. The van der Waals surface area contributed by atoms with Crippen LogP contribution in [-0.4, -0.2) is 51.0 Å². The number of allylic oxidation sites excluding steroid dienone is 1. The van der Waals surface area contributed by atoms with Crippen LogP contribution in [0.2, 0.25) is 0 Å². The second-order valence-electron chi connectivity index (χ2n) is 6.21. The van der Waals surface area contributed by atoms with Gasteiger partial charge < -0.3 is 10.2 Å². The zero-order chi connectivity index (χ0) is 18.4. The van der Waals surface area contributed by atoms with Gasteiger partial charge in [-0.25, -0.2) is 14.6 Å². The maximum Gasteiger partial charge on any atom is 0.243 e. The topological polar surface area (TPSA) is 75.9 Å². The molecule has 140 valence electrons. The lowest BCUT2D eigenvalue weighted by Gasteiger charge is -2.28. The summed E-state index contributed by atoms with van der Waals surface area (Å²) < 4.78 is 1.86. The van der Waals surface area contributed by atoms with Crippen LogP contribution in [0.4, 0.5) is 5.82 Å². The Kier molecular flexibility index (Phi) is 6.49. The third-order valence-electron chi connectivity index (χ3n) is 4.33. The van der Waals surface area contributed by atoms with Crippen LogP contribution in [0.5, 0.6) is 0 Å². The standard InChI is InChI=1S/C18H26N6OS/c1-3-8-15(25)19-9-12-24-17-14(13-20-24)16(21-18(22-17)26-4-2)23-10-6-5-7-11-23/h3,8,13H,4-7,9-12H2,1-2H3,(H,19,25)/b8-3-. The zero-order valence-corrected chi connectivity index (χ0v) is 16.3. The Morgan fingerprint density at radius 1 is 1.31 bits per heavy atom. The van der Waals surface area contributed by atoms with Gasteiger partial charge in [0.25, 0.3) is 0 Å². The molecule has 0 radical (unpaired) electrons. The Bertz CT molecular complexity index is 781. The van der Waals surface area contributed by atoms with E-state index in [0.717, 1.165) is 40.9 Å². The zero-order valence-electron chi connectivity index (χ0n) is 15.4. The summed E-state index contributed by atoms with van der Waals surface area (Å²) in [4.78, 5) is 23.4. The summed E-state index contributed by atoms with van der Waals surface area (Å²) in [5.41, 5.74) is 0.844. The number of thioether (sulfide) groups is 1. The van der Waals surface area contributed by atoms with Gasteiger partial charge in [-0.05, 0) is 38.0 Å². The summed E-state index contributed by atoms with van der Waals surface area (Å²) >= 11 is 1.65. The van der Waals surface area contributed by atoms with E-state index in [4.69, 9.17) is 9.97 Å². The molecule has 7 nitrogen and oxygen atoms in total. The number of amides is 1. The van der Waals surface area contributed by atoms with Crippen molar-refractivity contribution in [2.24, 2.45) is 0 Å². The average molecular weight is 375 g/mol. The molecule has 1 fully saturated rings. The number of carbonyl (C=O) groups excluding carboxylic acids is 1. The lowest BCUT2D eigenvalue weighted by Crippen LogP contribution is -2.30. The van der Waals surface area contributed by atoms with Crippen molar-refractivity contribution in [1.29, 1.82) is 0 Å². The highest BCUT2D eigenvalue weighted by atomic mass is 32.2. The second kappa shape index (κ2) is 9.02. The second-order valence-corrected chi connectivity index (χ2v) is 7.44. The van der Waals surface area contributed by atoms with Gasteiger partial charge in [0.1, 0.15) is 5.82 Å². The van der Waals surface area contributed by atoms with E-state index in [1.807, 2.05) is 17.8 Å². The van der Waals surface area contributed by atoms with E-state index >= 15 is 0 Å². The van der Waals surface area contributed by atoms with Crippen molar-refractivity contribution in [1.82, 2.24) is 25.1 Å². The number of rotatable bonds is 7. The Morgan fingerprint density at radius 3 is 2.85 bits per heavy atom. The number of anilines is 1. The molecular weight excluding hydrogens is 348 g/mol. The fourth-order valence-corrected chi connectivity index (χ4v) is 3.68. The molecule has 0 aliphatic carbocycles. The molecule has 3 rings (SSSR count). The first-order valence-corrected chi connectivity index (χ1v) is 10.2. The first kappa shape index (κ1) is 18.7. The predicted octanol–water partition coefficient (Wildman–Crippen LogP) is 2.62. The fourth-order valence-electron chi connectivity index (χ4n) is 3.12. The molecule has 0 bridgehead atoms. The fraction of sp³-hybridized carbons (Fsp3) is 0.556. The molecule has 1 N–H and O–H groups in total. The molecular formula is C18H26N6OS. The predicted molar refractivity (Wildman–Crippen MR) is 106 cm³/mol. The third-order valence-corrected chi connectivity index (χ3v) is 5.05. The molecule has 8 heteroatoms. The average Bonchev–Trinajstić information content (AvgIpc) is 3.05. The van der Waals surface area contributed by atoms with Gasteiger partial charge in [-0.1, -0.05) is 24.8 Å². The van der Waals surface area contributed by atoms with Crippen LogP contribution in [0.1, 0.15) is 33.1 Å². The van der Waals surface area contributed by atoms with E-state index in [1.165, 1.54) is 25.3 Å². The van der Waals surface area contributed by atoms with Crippen molar-refractivity contribution < 1.29 is 4.79 Å². The number of hydrogen-bond acceptors (Lipinski definition) is 6. The molecule has 0 spiro atoms. The molecule has 1 saturated heterocycles. The first-order valence-electron chi connectivity index (χ1n) is 9.24. The van der Waals surface area contributed by atoms with Crippen LogP contribution >= 0.6 is 11.8 Å². The number of piperidine rings is 1. The van der Waals surface area contributed by atoms with Gasteiger partial charge in [-0.15, -0.1) is 0 Å². The Balaban J connectivity index is 1.85. The molecule has 3 heterocycles. The first-order chi connectivity index (χ1) is 12.7. The van der Waals surface area contributed by atoms with E-state index in [-0.39, 0.29) is 5.91 Å². The number of carbonyl (C=O) groups is 1. The van der Waals surface area contributed by atoms with Crippen molar-refractivity contribution in [3.63, 3.8) is 0 Å². The van der Waals surface area contributed by atoms with Gasteiger partial charge in [-0.3, -0.25) is 4.79 Å². The minimum absolute atomic E-state index is 0.0881. The summed E-state index contributed by atoms with van der Waals surface area (Å²) in [6.45, 7) is 7.10. The van der Waals surface area contributed by atoms with E-state index in [9.17, 15) is 4.79 Å². The van der Waals surface area contributed by atoms with Crippen LogP contribution in [0.15, 0.2) is 23.5 Å². The van der Waals surface area contributed by atoms with Gasteiger partial charge in [0, 0.05) is 19.6 Å². The lowest BCUT2D eigenvalue weighted by molar-refractivity contribution is -0.116. The normalized spacial score (nSPS) is 15.1. The molecule has 2 aromatic rings. The molecule has 0 saturated carbocycles. The highest BCUT2D eigenvalue weighted by molar-refractivity contribution is 7.99. The minimum Gasteiger partial charge on any atom is -0.356 e. The maximum atomic E-state index is 11.6. The SMILES string of the molecule is C/C=C\C(=O)NCCn1ncc2c(N3CCCCC3)nc(SCC)nc21. The maximum absolute atomic E-state index is 11.6. The molecule has 1 amide bonds. The van der Waals surface area contributed by atoms with E-state index in [1.54, 1.807) is 17.8 Å². The molecule has 1 aliphatic rings. The summed E-state index contributed by atoms with van der Waals surface area (Å²) in [6.07, 6.45) is 8.79. The van der Waals surface area contributed by atoms with Crippen LogP contribution in [0, 0.1) is 0 Å². The number of nitrogens with zero attached hydrogens (tertiary/aromatic N) is 5. The summed E-state index contributed by atoms with van der Waals surface area (Å²) in [7, 11) is 0. The minimum atomic E-state index is -0.0881. The van der Waals surface area contributed by atoms with Gasteiger partial charge >= 0.3 is 0 Å². The van der Waals surface area contributed by atoms with Crippen molar-refractivity contribution in [3.8, 4) is 0 Å². The number of aromatic nitrogens is 4. The summed E-state index contributed by atoms with van der Waals surface area (Å²) in [5, 5.41) is 9.15. The van der Waals surface area contributed by atoms with E-state index < -0.39 is 0 Å². The molecule has 0 atom stereocenters. The molecule has 26 heavy (non-hydrogen) atoms. The summed E-state index contributed by atoms with van der Waals surface area (Å²) in [6, 6.07) is 0. The highest BCUT2D eigenvalue weighted by Gasteiger charge is 2.19. The monoisotopic (exact) mass is 374 g/mol. The lowest BCUT2D eigenvalue weighted by atomic mass is 10.1. The van der Waals surface area contributed by atoms with Crippen LogP contribution in [-0.2, 0) is 11.3 Å². The van der Waals surface area contributed by atoms with Crippen molar-refractivity contribution >= 4 is 34.5 Å². The summed E-state index contributed by atoms with van der Waals surface area (Å²) in [5.74, 6) is 1.84. The Morgan fingerprint density at radius 2 is 2.12 bits per heavy atom. The molecule has 1 aliphatic heterocycles. The highest BCUT2D eigenvalue weighted by Crippen LogP contribution is 2.29. The number of fused-ring (bicyclic) bond motifs is 1. The van der Waals surface area contributed by atoms with Crippen LogP contribution in [0.25, 0.3) is 11.0 Å². The molecule has 2 aromatic heterocycles. The Labute approximate surface area is 158 Å². The van der Waals surface area contributed by atoms with Crippen molar-refractivity contribution in [2.75, 3.05) is 30.3 Å². The molecule has 0 unspecified atom stereocenters. The smallest absolute Gasteiger partial charge is 0.243 e. The van der Waals surface area contributed by atoms with E-state index in [2.05, 4.69) is 22.2 Å². The van der Waals surface area contributed by atoms with Gasteiger partial charge in [0.15, 0.2) is 10.8 Å². The Hall–Kier alpha value is -2.09. The van der Waals surface area contributed by atoms with Gasteiger partial charge in [-0.2, -0.15) is 5.10 Å². The van der Waals surface area contributed by atoms with Crippen LogP contribution < -0.4 is 10.2 Å². The quantitative estimate of drug-likeness (QED) is 0.456. The van der Waals surface area contributed by atoms with E-state index in [0.29, 0.717) is 13.1 Å². The van der Waals surface area contributed by atoms with Crippen LogP contribution in [0.3, 0.4) is 0 Å². The third kappa shape index (κ3) is 4.35. The number of nitrogens with one attached hydrogen (secondary N) is 1. The van der Waals surface area contributed by atoms with Crippen molar-refractivity contribution in [2.45, 2.75) is 44.8 Å².